The van der Waals surface area contributed by atoms with Gasteiger partial charge in [-0.1, -0.05) is 37.5 Å². The fraction of sp³-hybridized carbons (Fsp3) is 0.529. The lowest BCUT2D eigenvalue weighted by Crippen LogP contribution is -2.39. The minimum absolute atomic E-state index is 0.0133. The molecule has 0 spiro atoms. The van der Waals surface area contributed by atoms with Gasteiger partial charge < -0.3 is 15.4 Å². The molecule has 1 aromatic rings. The molecule has 0 bridgehead atoms. The van der Waals surface area contributed by atoms with Crippen molar-refractivity contribution in [1.29, 1.82) is 0 Å². The molecule has 5 nitrogen and oxygen atoms in total. The fourth-order valence-corrected chi connectivity index (χ4v) is 2.61. The minimum Gasteiger partial charge on any atom is -0.484 e. The number of amides is 2. The van der Waals surface area contributed by atoms with Gasteiger partial charge in [0.25, 0.3) is 5.91 Å². The van der Waals surface area contributed by atoms with Crippen LogP contribution in [-0.2, 0) is 9.59 Å². The zero-order valence-corrected chi connectivity index (χ0v) is 12.8. The number of carbonyl (C=O) groups is 2. The van der Waals surface area contributed by atoms with Crippen LogP contribution < -0.4 is 15.4 Å². The van der Waals surface area contributed by atoms with Gasteiger partial charge in [0.05, 0.1) is 0 Å². The first-order valence-electron chi connectivity index (χ1n) is 7.98. The molecular weight excluding hydrogens is 280 g/mol. The van der Waals surface area contributed by atoms with Crippen molar-refractivity contribution in [2.75, 3.05) is 19.7 Å². The fourth-order valence-electron chi connectivity index (χ4n) is 2.61. The Bertz CT molecular complexity index is 470. The maximum atomic E-state index is 11.9. The molecule has 0 atom stereocenters. The maximum Gasteiger partial charge on any atom is 0.258 e. The molecule has 2 amide bonds. The summed E-state index contributed by atoms with van der Waals surface area (Å²) >= 11 is 0. The van der Waals surface area contributed by atoms with Crippen LogP contribution in [0.25, 0.3) is 0 Å². The van der Waals surface area contributed by atoms with Crippen LogP contribution in [0.15, 0.2) is 30.3 Å². The van der Waals surface area contributed by atoms with Gasteiger partial charge in [0.15, 0.2) is 6.61 Å². The molecule has 0 aliphatic heterocycles. The molecule has 120 valence electrons. The lowest BCUT2D eigenvalue weighted by atomic mass is 9.89. The predicted molar refractivity (Wildman–Crippen MR) is 84.5 cm³/mol. The summed E-state index contributed by atoms with van der Waals surface area (Å²) in [5, 5.41) is 5.62. The Morgan fingerprint density at radius 2 is 1.68 bits per heavy atom. The molecular formula is C17H24N2O3. The molecule has 0 aromatic heterocycles. The molecule has 0 radical (unpaired) electrons. The van der Waals surface area contributed by atoms with E-state index < -0.39 is 0 Å². The third kappa shape index (κ3) is 5.76. The van der Waals surface area contributed by atoms with Crippen LogP contribution in [-0.4, -0.2) is 31.5 Å². The van der Waals surface area contributed by atoms with Crippen molar-refractivity contribution in [3.05, 3.63) is 30.3 Å². The number of para-hydroxylation sites is 1. The summed E-state index contributed by atoms with van der Waals surface area (Å²) in [5.74, 6) is 0.763. The van der Waals surface area contributed by atoms with E-state index in [1.165, 1.54) is 6.42 Å². The Labute approximate surface area is 131 Å². The highest BCUT2D eigenvalue weighted by Crippen LogP contribution is 2.23. The van der Waals surface area contributed by atoms with Crippen molar-refractivity contribution < 1.29 is 14.3 Å². The average Bonchev–Trinajstić information content (AvgIpc) is 2.58. The van der Waals surface area contributed by atoms with E-state index in [0.717, 1.165) is 25.7 Å². The molecule has 1 fully saturated rings. The smallest absolute Gasteiger partial charge is 0.258 e. The second-order valence-electron chi connectivity index (χ2n) is 5.58. The summed E-state index contributed by atoms with van der Waals surface area (Å²) in [5.41, 5.74) is 0. The van der Waals surface area contributed by atoms with Crippen molar-refractivity contribution in [1.82, 2.24) is 10.6 Å². The zero-order chi connectivity index (χ0) is 15.6. The molecule has 22 heavy (non-hydrogen) atoms. The summed E-state index contributed by atoms with van der Waals surface area (Å²) in [6.07, 6.45) is 5.50. The van der Waals surface area contributed by atoms with E-state index in [0.29, 0.717) is 18.8 Å². The van der Waals surface area contributed by atoms with E-state index in [2.05, 4.69) is 10.6 Å². The molecule has 2 N–H and O–H groups in total. The number of carbonyl (C=O) groups excluding carboxylic acids is 2. The molecule has 1 saturated carbocycles. The van der Waals surface area contributed by atoms with Crippen LogP contribution in [0.1, 0.15) is 32.1 Å². The summed E-state index contributed by atoms with van der Waals surface area (Å²) in [7, 11) is 0. The third-order valence-electron chi connectivity index (χ3n) is 3.84. The molecule has 1 aromatic carbocycles. The van der Waals surface area contributed by atoms with Gasteiger partial charge in [0.1, 0.15) is 5.75 Å². The molecule has 0 unspecified atom stereocenters. The van der Waals surface area contributed by atoms with Crippen molar-refractivity contribution in [3.8, 4) is 5.75 Å². The highest BCUT2D eigenvalue weighted by molar-refractivity contribution is 5.79. The van der Waals surface area contributed by atoms with E-state index in [-0.39, 0.29) is 24.3 Å². The zero-order valence-electron chi connectivity index (χ0n) is 12.8. The van der Waals surface area contributed by atoms with Crippen LogP contribution in [0.2, 0.25) is 0 Å². The van der Waals surface area contributed by atoms with Crippen LogP contribution in [0, 0.1) is 5.92 Å². The Morgan fingerprint density at radius 1 is 1.00 bits per heavy atom. The molecule has 0 saturated heterocycles. The van der Waals surface area contributed by atoms with E-state index >= 15 is 0 Å². The van der Waals surface area contributed by atoms with Crippen LogP contribution in [0.5, 0.6) is 5.75 Å². The summed E-state index contributed by atoms with van der Waals surface area (Å²) in [6, 6.07) is 9.21. The Morgan fingerprint density at radius 3 is 2.41 bits per heavy atom. The number of nitrogens with one attached hydrogen (secondary N) is 2. The number of ether oxygens (including phenoxy) is 1. The Kier molecular flexibility index (Phi) is 6.74. The lowest BCUT2D eigenvalue weighted by Gasteiger charge is -2.20. The third-order valence-corrected chi connectivity index (χ3v) is 3.84. The van der Waals surface area contributed by atoms with E-state index in [1.807, 2.05) is 18.2 Å². The number of hydrogen-bond donors (Lipinski definition) is 2. The second kappa shape index (κ2) is 9.07. The summed E-state index contributed by atoms with van der Waals surface area (Å²) < 4.78 is 5.34. The van der Waals surface area contributed by atoms with Gasteiger partial charge in [-0.25, -0.2) is 0 Å². The largest absolute Gasteiger partial charge is 0.484 e. The van der Waals surface area contributed by atoms with E-state index in [1.54, 1.807) is 12.1 Å². The first kappa shape index (κ1) is 16.3. The monoisotopic (exact) mass is 304 g/mol. The Hall–Kier alpha value is -2.04. The summed E-state index contributed by atoms with van der Waals surface area (Å²) in [6.45, 7) is 0.877. The van der Waals surface area contributed by atoms with Gasteiger partial charge in [0, 0.05) is 19.0 Å². The predicted octanol–water partition coefficient (Wildman–Crippen LogP) is 1.88. The highest BCUT2D eigenvalue weighted by Gasteiger charge is 2.20. The second-order valence-corrected chi connectivity index (χ2v) is 5.58. The average molecular weight is 304 g/mol. The van der Waals surface area contributed by atoms with Crippen molar-refractivity contribution in [2.45, 2.75) is 32.1 Å². The maximum absolute atomic E-state index is 11.9. The van der Waals surface area contributed by atoms with E-state index in [4.69, 9.17) is 4.74 Å². The molecule has 2 rings (SSSR count). The number of benzene rings is 1. The molecule has 0 heterocycles. The van der Waals surface area contributed by atoms with Crippen molar-refractivity contribution >= 4 is 11.8 Å². The quantitative estimate of drug-likeness (QED) is 0.756. The topological polar surface area (TPSA) is 67.4 Å². The van der Waals surface area contributed by atoms with Gasteiger partial charge in [-0.3, -0.25) is 9.59 Å². The summed E-state index contributed by atoms with van der Waals surface area (Å²) in [4.78, 5) is 23.5. The number of rotatable bonds is 7. The SMILES string of the molecule is O=C(COc1ccccc1)NCCNC(=O)C1CCCCC1. The van der Waals surface area contributed by atoms with Gasteiger partial charge >= 0.3 is 0 Å². The van der Waals surface area contributed by atoms with Crippen LogP contribution >= 0.6 is 0 Å². The molecule has 1 aliphatic carbocycles. The minimum atomic E-state index is -0.184. The van der Waals surface area contributed by atoms with Gasteiger partial charge in [-0.15, -0.1) is 0 Å². The first-order valence-corrected chi connectivity index (χ1v) is 7.98. The highest BCUT2D eigenvalue weighted by atomic mass is 16.5. The standard InChI is InChI=1S/C17H24N2O3/c20-16(13-22-15-9-5-2-6-10-15)18-11-12-19-17(21)14-7-3-1-4-8-14/h2,5-6,9-10,14H,1,3-4,7-8,11-13H2,(H,18,20)(H,19,21). The molecule has 1 aliphatic rings. The van der Waals surface area contributed by atoms with Gasteiger partial charge in [-0.05, 0) is 25.0 Å². The van der Waals surface area contributed by atoms with Crippen molar-refractivity contribution in [2.24, 2.45) is 5.92 Å². The Balaban J connectivity index is 1.54. The molecule has 5 heteroatoms. The van der Waals surface area contributed by atoms with Crippen molar-refractivity contribution in [3.63, 3.8) is 0 Å². The van der Waals surface area contributed by atoms with Gasteiger partial charge in [-0.2, -0.15) is 0 Å². The normalized spacial score (nSPS) is 15.1. The van der Waals surface area contributed by atoms with E-state index in [9.17, 15) is 9.59 Å². The lowest BCUT2D eigenvalue weighted by molar-refractivity contribution is -0.126. The number of hydrogen-bond acceptors (Lipinski definition) is 3. The van der Waals surface area contributed by atoms with Crippen LogP contribution in [0.4, 0.5) is 0 Å². The van der Waals surface area contributed by atoms with Crippen LogP contribution in [0.3, 0.4) is 0 Å². The first-order chi connectivity index (χ1) is 10.8. The van der Waals surface area contributed by atoms with Gasteiger partial charge in [0.2, 0.25) is 5.91 Å².